The molecule has 4 rings (SSSR count). The van der Waals surface area contributed by atoms with Crippen molar-refractivity contribution in [2.75, 3.05) is 11.9 Å². The van der Waals surface area contributed by atoms with Crippen molar-refractivity contribution in [1.82, 2.24) is 14.8 Å². The molecule has 0 saturated heterocycles. The van der Waals surface area contributed by atoms with Gasteiger partial charge in [0.2, 0.25) is 5.91 Å². The number of nitrogens with zero attached hydrogens (tertiary/aromatic N) is 3. The Balaban J connectivity index is 1.65. The number of aromatic nitrogens is 3. The van der Waals surface area contributed by atoms with Crippen molar-refractivity contribution in [3.05, 3.63) is 54.1 Å². The van der Waals surface area contributed by atoms with Crippen LogP contribution in [0.4, 0.5) is 18.9 Å². The van der Waals surface area contributed by atoms with E-state index in [0.717, 1.165) is 31.4 Å². The van der Waals surface area contributed by atoms with E-state index in [-0.39, 0.29) is 35.1 Å². The average Bonchev–Trinajstić information content (AvgIpc) is 3.15. The van der Waals surface area contributed by atoms with Crippen LogP contribution in [0.2, 0.25) is 0 Å². The average molecular weight is 458 g/mol. The van der Waals surface area contributed by atoms with Gasteiger partial charge in [-0.05, 0) is 55.2 Å². The molecule has 0 atom stereocenters. The lowest BCUT2D eigenvalue weighted by molar-refractivity contribution is -0.137. The molecule has 1 aromatic heterocycles. The number of anilines is 1. The van der Waals surface area contributed by atoms with E-state index in [4.69, 9.17) is 4.74 Å². The largest absolute Gasteiger partial charge is 0.462 e. The number of nitrogens with one attached hydrogen (secondary N) is 1. The second kappa shape index (κ2) is 9.25. The molecule has 0 bridgehead atoms. The summed E-state index contributed by atoms with van der Waals surface area (Å²) in [6.07, 6.45) is -1.59. The van der Waals surface area contributed by atoms with Gasteiger partial charge in [0, 0.05) is 17.2 Å². The molecule has 1 aliphatic carbocycles. The van der Waals surface area contributed by atoms with Crippen LogP contribution in [0, 0.1) is 11.8 Å². The number of ether oxygens (including phenoxy) is 1. The summed E-state index contributed by atoms with van der Waals surface area (Å²) in [5.74, 6) is 0.524. The summed E-state index contributed by atoms with van der Waals surface area (Å²) in [5.41, 5.74) is 0.718. The van der Waals surface area contributed by atoms with Gasteiger partial charge in [-0.2, -0.15) is 18.2 Å². The fraction of sp³-hybridized carbons (Fsp3) is 0.375. The third-order valence-corrected chi connectivity index (χ3v) is 5.44. The first kappa shape index (κ1) is 22.8. The molecule has 6 nitrogen and oxygen atoms in total. The van der Waals surface area contributed by atoms with Gasteiger partial charge >= 0.3 is 12.2 Å². The maximum atomic E-state index is 13.3. The zero-order valence-corrected chi connectivity index (χ0v) is 18.4. The minimum atomic E-state index is -4.47. The second-order valence-corrected chi connectivity index (χ2v) is 8.58. The van der Waals surface area contributed by atoms with E-state index < -0.39 is 11.7 Å². The lowest BCUT2D eigenvalue weighted by atomic mass is 9.85. The Morgan fingerprint density at radius 1 is 1.18 bits per heavy atom. The molecule has 1 N–H and O–H groups in total. The molecule has 9 heteroatoms. The van der Waals surface area contributed by atoms with Gasteiger partial charge in [0.1, 0.15) is 0 Å². The molecule has 1 heterocycles. The molecule has 3 aromatic rings. The zero-order chi connectivity index (χ0) is 23.6. The maximum Gasteiger partial charge on any atom is 0.416 e. The summed E-state index contributed by atoms with van der Waals surface area (Å²) in [6.45, 7) is 4.32. The molecule has 0 spiro atoms. The predicted octanol–water partition coefficient (Wildman–Crippen LogP) is 5.73. The molecular weight excluding hydrogens is 433 g/mol. The summed E-state index contributed by atoms with van der Waals surface area (Å²) in [4.78, 5) is 16.5. The SMILES string of the molecule is CC(C)COc1nc(-c2cccc(C(F)(F)F)c2)n(-c2ccc(NC(=O)C3CCC3)cc2)n1. The molecule has 0 aliphatic heterocycles. The van der Waals surface area contributed by atoms with Gasteiger partial charge in [0.25, 0.3) is 0 Å². The number of hydrogen-bond donors (Lipinski definition) is 1. The third kappa shape index (κ3) is 5.35. The number of benzene rings is 2. The fourth-order valence-corrected chi connectivity index (χ4v) is 3.40. The molecule has 0 radical (unpaired) electrons. The Labute approximate surface area is 189 Å². The number of alkyl halides is 3. The van der Waals surface area contributed by atoms with Crippen molar-refractivity contribution in [1.29, 1.82) is 0 Å². The first-order valence-corrected chi connectivity index (χ1v) is 10.9. The predicted molar refractivity (Wildman–Crippen MR) is 118 cm³/mol. The van der Waals surface area contributed by atoms with Crippen LogP contribution in [0.1, 0.15) is 38.7 Å². The molecule has 33 heavy (non-hydrogen) atoms. The van der Waals surface area contributed by atoms with Crippen LogP contribution in [0.15, 0.2) is 48.5 Å². The van der Waals surface area contributed by atoms with Crippen LogP contribution in [0.5, 0.6) is 6.01 Å². The smallest absolute Gasteiger partial charge is 0.416 e. The molecule has 1 aliphatic rings. The van der Waals surface area contributed by atoms with Gasteiger partial charge in [-0.15, -0.1) is 5.10 Å². The van der Waals surface area contributed by atoms with Crippen molar-refractivity contribution in [3.63, 3.8) is 0 Å². The summed E-state index contributed by atoms with van der Waals surface area (Å²) in [7, 11) is 0. The van der Waals surface area contributed by atoms with Crippen molar-refractivity contribution < 1.29 is 22.7 Å². The topological polar surface area (TPSA) is 69.0 Å². The summed E-state index contributed by atoms with van der Waals surface area (Å²) < 4.78 is 46.8. The van der Waals surface area contributed by atoms with E-state index in [9.17, 15) is 18.0 Å². The number of rotatable bonds is 7. The van der Waals surface area contributed by atoms with E-state index in [1.807, 2.05) is 13.8 Å². The number of amides is 1. The number of hydrogen-bond acceptors (Lipinski definition) is 4. The van der Waals surface area contributed by atoms with E-state index >= 15 is 0 Å². The van der Waals surface area contributed by atoms with Gasteiger partial charge in [-0.25, -0.2) is 4.68 Å². The molecule has 1 amide bonds. The Kier molecular flexibility index (Phi) is 6.40. The normalized spacial score (nSPS) is 14.2. The Morgan fingerprint density at radius 3 is 2.52 bits per heavy atom. The van der Waals surface area contributed by atoms with Gasteiger partial charge in [-0.1, -0.05) is 32.4 Å². The lowest BCUT2D eigenvalue weighted by Crippen LogP contribution is -2.27. The van der Waals surface area contributed by atoms with Gasteiger partial charge < -0.3 is 10.1 Å². The molecule has 1 saturated carbocycles. The quantitative estimate of drug-likeness (QED) is 0.491. The number of carbonyl (C=O) groups excluding carboxylic acids is 1. The van der Waals surface area contributed by atoms with Crippen molar-refractivity contribution in [2.45, 2.75) is 39.3 Å². The van der Waals surface area contributed by atoms with E-state index in [1.54, 1.807) is 30.3 Å². The Morgan fingerprint density at radius 2 is 1.91 bits per heavy atom. The summed E-state index contributed by atoms with van der Waals surface area (Å²) >= 11 is 0. The first-order valence-electron chi connectivity index (χ1n) is 10.9. The highest BCUT2D eigenvalue weighted by molar-refractivity contribution is 5.93. The van der Waals surface area contributed by atoms with E-state index in [1.165, 1.54) is 10.7 Å². The zero-order valence-electron chi connectivity index (χ0n) is 18.4. The van der Waals surface area contributed by atoms with Crippen LogP contribution < -0.4 is 10.1 Å². The van der Waals surface area contributed by atoms with Crippen LogP contribution in [-0.2, 0) is 11.0 Å². The monoisotopic (exact) mass is 458 g/mol. The number of carbonyl (C=O) groups is 1. The summed E-state index contributed by atoms with van der Waals surface area (Å²) in [5, 5.41) is 7.27. The molecule has 174 valence electrons. The second-order valence-electron chi connectivity index (χ2n) is 8.58. The Bertz CT molecular complexity index is 1120. The molecule has 1 fully saturated rings. The third-order valence-electron chi connectivity index (χ3n) is 5.44. The number of halogens is 3. The first-order chi connectivity index (χ1) is 15.7. The van der Waals surface area contributed by atoms with Crippen molar-refractivity contribution in [2.24, 2.45) is 11.8 Å². The molecular formula is C24H25F3N4O2. The minimum Gasteiger partial charge on any atom is -0.462 e. The van der Waals surface area contributed by atoms with Crippen LogP contribution in [-0.4, -0.2) is 27.3 Å². The highest BCUT2D eigenvalue weighted by atomic mass is 19.4. The molecule has 0 unspecified atom stereocenters. The van der Waals surface area contributed by atoms with E-state index in [2.05, 4.69) is 15.4 Å². The molecule has 2 aromatic carbocycles. The highest BCUT2D eigenvalue weighted by Gasteiger charge is 2.31. The fourth-order valence-electron chi connectivity index (χ4n) is 3.40. The van der Waals surface area contributed by atoms with Crippen molar-refractivity contribution >= 4 is 11.6 Å². The lowest BCUT2D eigenvalue weighted by Gasteiger charge is -2.24. The van der Waals surface area contributed by atoms with Crippen LogP contribution in [0.3, 0.4) is 0 Å². The maximum absolute atomic E-state index is 13.3. The van der Waals surface area contributed by atoms with Gasteiger partial charge in [0.05, 0.1) is 17.9 Å². The van der Waals surface area contributed by atoms with Crippen molar-refractivity contribution in [3.8, 4) is 23.1 Å². The summed E-state index contributed by atoms with van der Waals surface area (Å²) in [6, 6.07) is 12.0. The highest BCUT2D eigenvalue weighted by Crippen LogP contribution is 2.33. The minimum absolute atomic E-state index is 0.00350. The van der Waals surface area contributed by atoms with E-state index in [0.29, 0.717) is 18.0 Å². The van der Waals surface area contributed by atoms with Gasteiger partial charge in [0.15, 0.2) is 5.82 Å². The Hall–Kier alpha value is -3.36. The van der Waals surface area contributed by atoms with Gasteiger partial charge in [-0.3, -0.25) is 4.79 Å². The standard InChI is InChI=1S/C24H25F3N4O2/c1-15(2)14-33-23-29-21(17-7-4-8-18(13-17)24(25,26)27)31(30-23)20-11-9-19(10-12-20)28-22(32)16-5-3-6-16/h4,7-13,15-16H,3,5-6,14H2,1-2H3,(H,28,32). The van der Waals surface area contributed by atoms with Crippen LogP contribution >= 0.6 is 0 Å². The van der Waals surface area contributed by atoms with Crippen LogP contribution in [0.25, 0.3) is 17.1 Å².